The second kappa shape index (κ2) is 13.2. The third-order valence-electron chi connectivity index (χ3n) is 6.11. The highest BCUT2D eigenvalue weighted by molar-refractivity contribution is 5.87. The van der Waals surface area contributed by atoms with Crippen LogP contribution in [0.3, 0.4) is 0 Å². The summed E-state index contributed by atoms with van der Waals surface area (Å²) >= 11 is 0. The van der Waals surface area contributed by atoms with Gasteiger partial charge in [-0.05, 0) is 41.2 Å². The van der Waals surface area contributed by atoms with Crippen LogP contribution < -0.4 is 0 Å². The number of hydrogen-bond donors (Lipinski definition) is 0. The standard InChI is InChI=1S/C31H32N2O4/c1-22(2)30(31(36)37-21-25-9-5-4-6-10-25)33(29(35)18-13-23(3)34)20-24-14-16-26(17-15-24)28-12-8-7-11-27(28)19-32/h4-12,14-17,22,30H,13,18,20-21H2,1-3H3. The van der Waals surface area contributed by atoms with Crippen LogP contribution in [0.1, 0.15) is 50.3 Å². The maximum absolute atomic E-state index is 13.3. The maximum Gasteiger partial charge on any atom is 0.329 e. The molecule has 0 aliphatic heterocycles. The van der Waals surface area contributed by atoms with Crippen molar-refractivity contribution in [3.8, 4) is 17.2 Å². The molecule has 0 bridgehead atoms. The van der Waals surface area contributed by atoms with E-state index in [9.17, 15) is 19.6 Å². The first kappa shape index (κ1) is 27.3. The summed E-state index contributed by atoms with van der Waals surface area (Å²) in [4.78, 5) is 39.6. The largest absolute Gasteiger partial charge is 0.459 e. The van der Waals surface area contributed by atoms with Gasteiger partial charge in [0.25, 0.3) is 0 Å². The molecule has 3 rings (SSSR count). The number of nitriles is 1. The fraction of sp³-hybridized carbons (Fsp3) is 0.290. The molecule has 0 fully saturated rings. The van der Waals surface area contributed by atoms with Crippen LogP contribution in [0.25, 0.3) is 11.1 Å². The molecule has 3 aromatic rings. The van der Waals surface area contributed by atoms with Gasteiger partial charge in [-0.2, -0.15) is 5.26 Å². The number of ketones is 1. The Hall–Kier alpha value is -4.24. The van der Waals surface area contributed by atoms with Crippen LogP contribution in [0.2, 0.25) is 0 Å². The molecule has 37 heavy (non-hydrogen) atoms. The summed E-state index contributed by atoms with van der Waals surface area (Å²) in [6.07, 6.45) is 0.140. The summed E-state index contributed by atoms with van der Waals surface area (Å²) in [5, 5.41) is 9.42. The van der Waals surface area contributed by atoms with E-state index in [0.717, 1.165) is 22.3 Å². The SMILES string of the molecule is CC(=O)CCC(=O)N(Cc1ccc(-c2ccccc2C#N)cc1)C(C(=O)OCc1ccccc1)C(C)C. The summed E-state index contributed by atoms with van der Waals surface area (Å²) in [7, 11) is 0. The Bertz CT molecular complexity index is 1260. The molecule has 0 saturated carbocycles. The number of amides is 1. The molecule has 0 aliphatic carbocycles. The lowest BCUT2D eigenvalue weighted by molar-refractivity contribution is -0.159. The van der Waals surface area contributed by atoms with E-state index in [1.165, 1.54) is 11.8 Å². The van der Waals surface area contributed by atoms with Crippen LogP contribution in [-0.2, 0) is 32.3 Å². The molecular weight excluding hydrogens is 464 g/mol. The number of carbonyl (C=O) groups excluding carboxylic acids is 3. The van der Waals surface area contributed by atoms with Gasteiger partial charge in [-0.1, -0.05) is 86.6 Å². The number of hydrogen-bond acceptors (Lipinski definition) is 5. The van der Waals surface area contributed by atoms with Crippen molar-refractivity contribution < 1.29 is 19.1 Å². The fourth-order valence-corrected chi connectivity index (χ4v) is 4.16. The molecule has 1 amide bonds. The molecular formula is C31H32N2O4. The summed E-state index contributed by atoms with van der Waals surface area (Å²) in [5.41, 5.74) is 3.99. The van der Waals surface area contributed by atoms with Gasteiger partial charge in [0.05, 0.1) is 11.6 Å². The molecule has 0 aliphatic rings. The van der Waals surface area contributed by atoms with Gasteiger partial charge in [0, 0.05) is 19.4 Å². The molecule has 0 N–H and O–H groups in total. The molecule has 3 aromatic carbocycles. The highest BCUT2D eigenvalue weighted by atomic mass is 16.5. The number of carbonyl (C=O) groups is 3. The van der Waals surface area contributed by atoms with Crippen molar-refractivity contribution in [3.63, 3.8) is 0 Å². The van der Waals surface area contributed by atoms with E-state index in [2.05, 4.69) is 6.07 Å². The number of ether oxygens (including phenoxy) is 1. The molecule has 0 radical (unpaired) electrons. The van der Waals surface area contributed by atoms with Gasteiger partial charge in [0.2, 0.25) is 5.91 Å². The average Bonchev–Trinajstić information content (AvgIpc) is 2.91. The summed E-state index contributed by atoms with van der Waals surface area (Å²) in [6.45, 7) is 5.51. The monoisotopic (exact) mass is 496 g/mol. The third kappa shape index (κ3) is 7.62. The molecule has 0 heterocycles. The van der Waals surface area contributed by atoms with E-state index in [4.69, 9.17) is 4.74 Å². The van der Waals surface area contributed by atoms with Crippen molar-refractivity contribution in [1.82, 2.24) is 4.90 Å². The Morgan fingerprint density at radius 2 is 1.51 bits per heavy atom. The first-order chi connectivity index (χ1) is 17.8. The van der Waals surface area contributed by atoms with Crippen LogP contribution in [0, 0.1) is 17.2 Å². The number of esters is 1. The zero-order chi connectivity index (χ0) is 26.8. The molecule has 6 nitrogen and oxygen atoms in total. The fourth-order valence-electron chi connectivity index (χ4n) is 4.16. The Kier molecular flexibility index (Phi) is 9.74. The van der Waals surface area contributed by atoms with Gasteiger partial charge in [-0.25, -0.2) is 4.79 Å². The van der Waals surface area contributed by atoms with Crippen LogP contribution in [0.4, 0.5) is 0 Å². The van der Waals surface area contributed by atoms with Gasteiger partial charge in [-0.3, -0.25) is 4.79 Å². The lowest BCUT2D eigenvalue weighted by Crippen LogP contribution is -2.48. The zero-order valence-electron chi connectivity index (χ0n) is 21.5. The van der Waals surface area contributed by atoms with Crippen LogP contribution in [0.15, 0.2) is 78.9 Å². The van der Waals surface area contributed by atoms with E-state index in [1.54, 1.807) is 6.07 Å². The zero-order valence-corrected chi connectivity index (χ0v) is 21.5. The Balaban J connectivity index is 1.85. The minimum Gasteiger partial charge on any atom is -0.459 e. The number of benzene rings is 3. The second-order valence-corrected chi connectivity index (χ2v) is 9.36. The number of nitrogens with zero attached hydrogens (tertiary/aromatic N) is 2. The van der Waals surface area contributed by atoms with Crippen molar-refractivity contribution in [2.45, 2.75) is 52.8 Å². The third-order valence-corrected chi connectivity index (χ3v) is 6.11. The lowest BCUT2D eigenvalue weighted by Gasteiger charge is -2.33. The predicted octanol–water partition coefficient (Wildman–Crippen LogP) is 5.69. The van der Waals surface area contributed by atoms with Crippen molar-refractivity contribution in [1.29, 1.82) is 5.26 Å². The Morgan fingerprint density at radius 3 is 2.14 bits per heavy atom. The molecule has 0 saturated heterocycles. The number of rotatable bonds is 11. The van der Waals surface area contributed by atoms with Crippen molar-refractivity contribution in [3.05, 3.63) is 95.6 Å². The minimum atomic E-state index is -0.804. The van der Waals surface area contributed by atoms with Gasteiger partial charge < -0.3 is 14.4 Å². The normalized spacial score (nSPS) is 11.4. The minimum absolute atomic E-state index is 0.0259. The van der Waals surface area contributed by atoms with Gasteiger partial charge >= 0.3 is 5.97 Å². The van der Waals surface area contributed by atoms with Gasteiger partial charge in [0.1, 0.15) is 18.4 Å². The first-order valence-corrected chi connectivity index (χ1v) is 12.4. The summed E-state index contributed by atoms with van der Waals surface area (Å²) in [5.74, 6) is -1.04. The van der Waals surface area contributed by atoms with Crippen LogP contribution >= 0.6 is 0 Å². The topological polar surface area (TPSA) is 87.5 Å². The molecule has 0 aromatic heterocycles. The van der Waals surface area contributed by atoms with E-state index in [-0.39, 0.29) is 43.6 Å². The Morgan fingerprint density at radius 1 is 0.865 bits per heavy atom. The summed E-state index contributed by atoms with van der Waals surface area (Å²) in [6, 6.07) is 25.8. The number of Topliss-reactive ketones (excluding diaryl/α,β-unsaturated/α-hetero) is 1. The quantitative estimate of drug-likeness (QED) is 0.318. The van der Waals surface area contributed by atoms with Crippen molar-refractivity contribution in [2.75, 3.05) is 0 Å². The van der Waals surface area contributed by atoms with Crippen molar-refractivity contribution >= 4 is 17.7 Å². The van der Waals surface area contributed by atoms with Crippen molar-refractivity contribution in [2.24, 2.45) is 5.92 Å². The Labute approximate surface area is 218 Å². The van der Waals surface area contributed by atoms with Crippen LogP contribution in [-0.4, -0.2) is 28.6 Å². The first-order valence-electron chi connectivity index (χ1n) is 12.4. The second-order valence-electron chi connectivity index (χ2n) is 9.36. The van der Waals surface area contributed by atoms with E-state index in [0.29, 0.717) is 5.56 Å². The predicted molar refractivity (Wildman–Crippen MR) is 142 cm³/mol. The van der Waals surface area contributed by atoms with Gasteiger partial charge in [-0.15, -0.1) is 0 Å². The molecule has 190 valence electrons. The van der Waals surface area contributed by atoms with Gasteiger partial charge in [0.15, 0.2) is 0 Å². The smallest absolute Gasteiger partial charge is 0.329 e. The molecule has 6 heteroatoms. The summed E-state index contributed by atoms with van der Waals surface area (Å²) < 4.78 is 5.62. The van der Waals surface area contributed by atoms with E-state index >= 15 is 0 Å². The molecule has 0 spiro atoms. The molecule has 1 unspecified atom stereocenters. The average molecular weight is 497 g/mol. The van der Waals surface area contributed by atoms with Crippen LogP contribution in [0.5, 0.6) is 0 Å². The highest BCUT2D eigenvalue weighted by Gasteiger charge is 2.33. The van der Waals surface area contributed by atoms with E-state index in [1.807, 2.05) is 86.6 Å². The van der Waals surface area contributed by atoms with E-state index < -0.39 is 12.0 Å². The maximum atomic E-state index is 13.3. The molecule has 1 atom stereocenters. The lowest BCUT2D eigenvalue weighted by atomic mass is 9.98. The highest BCUT2D eigenvalue weighted by Crippen LogP contribution is 2.25.